The third-order valence-electron chi connectivity index (χ3n) is 3.13. The number of sulfone groups is 1. The van der Waals surface area contributed by atoms with E-state index >= 15 is 0 Å². The molecule has 0 spiro atoms. The van der Waals surface area contributed by atoms with Gasteiger partial charge in [0.1, 0.15) is 15.6 Å². The molecule has 0 saturated heterocycles. The van der Waals surface area contributed by atoms with Crippen LogP contribution < -0.4 is 10.1 Å². The number of aliphatic imine (C=N–C) groups is 1. The van der Waals surface area contributed by atoms with Gasteiger partial charge in [-0.15, -0.1) is 24.0 Å². The van der Waals surface area contributed by atoms with Gasteiger partial charge in [0, 0.05) is 33.4 Å². The van der Waals surface area contributed by atoms with Crippen molar-refractivity contribution < 1.29 is 13.2 Å². The van der Waals surface area contributed by atoms with Crippen LogP contribution in [0.15, 0.2) is 29.3 Å². The molecule has 8 heteroatoms. The molecule has 0 fully saturated rings. The molecule has 6 nitrogen and oxygen atoms in total. The zero-order valence-electron chi connectivity index (χ0n) is 14.1. The van der Waals surface area contributed by atoms with Crippen LogP contribution >= 0.6 is 24.0 Å². The lowest BCUT2D eigenvalue weighted by Gasteiger charge is -2.22. The second-order valence-corrected chi connectivity index (χ2v) is 7.42. The molecule has 0 heterocycles. The summed E-state index contributed by atoms with van der Waals surface area (Å²) in [7, 11) is 2.39. The van der Waals surface area contributed by atoms with Crippen LogP contribution in [0.2, 0.25) is 0 Å². The number of guanidine groups is 1. The number of ether oxygens (including phenoxy) is 1. The quantitative estimate of drug-likeness (QED) is 0.294. The predicted octanol–water partition coefficient (Wildman–Crippen LogP) is 1.76. The van der Waals surface area contributed by atoms with E-state index in [9.17, 15) is 8.42 Å². The number of halogens is 1. The average molecular weight is 455 g/mol. The molecule has 0 aliphatic rings. The monoisotopic (exact) mass is 455 g/mol. The molecular formula is C15H26IN3O3S. The maximum Gasteiger partial charge on any atom is 0.193 e. The SMILES string of the molecule is CN=C(NCCCS(C)(=O)=O)N(C)Cc1ccc(OC)cc1.I. The Labute approximate surface area is 156 Å². The molecule has 0 unspecified atom stereocenters. The fourth-order valence-electron chi connectivity index (χ4n) is 2.00. The van der Waals surface area contributed by atoms with E-state index in [0.29, 0.717) is 19.5 Å². The molecule has 0 amide bonds. The van der Waals surface area contributed by atoms with Crippen LogP contribution in [-0.4, -0.2) is 59.0 Å². The molecule has 1 aromatic carbocycles. The molecule has 0 bridgehead atoms. The molecule has 0 radical (unpaired) electrons. The van der Waals surface area contributed by atoms with E-state index < -0.39 is 9.84 Å². The number of nitrogens with one attached hydrogen (secondary N) is 1. The molecule has 0 atom stereocenters. The van der Waals surface area contributed by atoms with Gasteiger partial charge in [-0.25, -0.2) is 8.42 Å². The molecule has 1 N–H and O–H groups in total. The Balaban J connectivity index is 0.00000484. The second-order valence-electron chi connectivity index (χ2n) is 5.16. The van der Waals surface area contributed by atoms with Crippen LogP contribution in [0.4, 0.5) is 0 Å². The minimum absolute atomic E-state index is 0. The molecule has 0 aromatic heterocycles. The Bertz CT molecular complexity index is 588. The smallest absolute Gasteiger partial charge is 0.193 e. The van der Waals surface area contributed by atoms with Crippen LogP contribution in [0.3, 0.4) is 0 Å². The van der Waals surface area contributed by atoms with Gasteiger partial charge >= 0.3 is 0 Å². The average Bonchev–Trinajstić information content (AvgIpc) is 2.47. The lowest BCUT2D eigenvalue weighted by Crippen LogP contribution is -2.39. The summed E-state index contributed by atoms with van der Waals surface area (Å²) >= 11 is 0. The van der Waals surface area contributed by atoms with Gasteiger partial charge in [-0.2, -0.15) is 0 Å². The first kappa shape index (κ1) is 22.0. The Kier molecular flexibility index (Phi) is 10.2. The van der Waals surface area contributed by atoms with Gasteiger partial charge in [0.05, 0.1) is 12.9 Å². The molecule has 0 aliphatic carbocycles. The third-order valence-corrected chi connectivity index (χ3v) is 4.16. The lowest BCUT2D eigenvalue weighted by molar-refractivity contribution is 0.414. The van der Waals surface area contributed by atoms with Crippen LogP contribution in [0.5, 0.6) is 5.75 Å². The van der Waals surface area contributed by atoms with Gasteiger partial charge in [-0.05, 0) is 24.1 Å². The van der Waals surface area contributed by atoms with Crippen LogP contribution in [-0.2, 0) is 16.4 Å². The van der Waals surface area contributed by atoms with E-state index in [0.717, 1.165) is 17.3 Å². The Hall–Kier alpha value is -1.03. The van der Waals surface area contributed by atoms with Crippen molar-refractivity contribution in [3.63, 3.8) is 0 Å². The zero-order valence-corrected chi connectivity index (χ0v) is 17.2. The molecule has 0 saturated carbocycles. The highest BCUT2D eigenvalue weighted by Gasteiger charge is 2.07. The largest absolute Gasteiger partial charge is 0.497 e. The van der Waals surface area contributed by atoms with Crippen molar-refractivity contribution in [3.05, 3.63) is 29.8 Å². The Morgan fingerprint density at radius 1 is 1.30 bits per heavy atom. The first-order valence-electron chi connectivity index (χ1n) is 7.08. The van der Waals surface area contributed by atoms with E-state index in [4.69, 9.17) is 4.74 Å². The van der Waals surface area contributed by atoms with Gasteiger partial charge in [-0.1, -0.05) is 12.1 Å². The predicted molar refractivity (Wildman–Crippen MR) is 106 cm³/mol. The maximum absolute atomic E-state index is 11.1. The van der Waals surface area contributed by atoms with Crippen molar-refractivity contribution in [1.29, 1.82) is 0 Å². The summed E-state index contributed by atoms with van der Waals surface area (Å²) in [5.41, 5.74) is 1.14. The van der Waals surface area contributed by atoms with Crippen molar-refractivity contribution in [2.24, 2.45) is 4.99 Å². The van der Waals surface area contributed by atoms with Gasteiger partial charge in [0.25, 0.3) is 0 Å². The topological polar surface area (TPSA) is 71.0 Å². The van der Waals surface area contributed by atoms with Gasteiger partial charge in [0.15, 0.2) is 5.96 Å². The van der Waals surface area contributed by atoms with Crippen molar-refractivity contribution in [2.75, 3.05) is 39.8 Å². The first-order valence-corrected chi connectivity index (χ1v) is 9.14. The van der Waals surface area contributed by atoms with Crippen molar-refractivity contribution in [1.82, 2.24) is 10.2 Å². The van der Waals surface area contributed by atoms with Crippen molar-refractivity contribution in [3.8, 4) is 5.75 Å². The Morgan fingerprint density at radius 3 is 2.39 bits per heavy atom. The van der Waals surface area contributed by atoms with Crippen molar-refractivity contribution >= 4 is 39.8 Å². The maximum atomic E-state index is 11.1. The third kappa shape index (κ3) is 8.99. The van der Waals surface area contributed by atoms with Crippen LogP contribution in [0, 0.1) is 0 Å². The van der Waals surface area contributed by atoms with Gasteiger partial charge < -0.3 is 15.0 Å². The van der Waals surface area contributed by atoms with Gasteiger partial charge in [0.2, 0.25) is 0 Å². The molecule has 23 heavy (non-hydrogen) atoms. The molecular weight excluding hydrogens is 429 g/mol. The number of rotatable bonds is 7. The highest BCUT2D eigenvalue weighted by atomic mass is 127. The summed E-state index contributed by atoms with van der Waals surface area (Å²) in [5, 5.41) is 3.17. The zero-order chi connectivity index (χ0) is 16.6. The van der Waals surface area contributed by atoms with E-state index in [-0.39, 0.29) is 29.7 Å². The van der Waals surface area contributed by atoms with Crippen LogP contribution in [0.25, 0.3) is 0 Å². The summed E-state index contributed by atoms with van der Waals surface area (Å²) < 4.78 is 27.3. The number of benzene rings is 1. The normalized spacial score (nSPS) is 11.6. The highest BCUT2D eigenvalue weighted by molar-refractivity contribution is 14.0. The highest BCUT2D eigenvalue weighted by Crippen LogP contribution is 2.12. The lowest BCUT2D eigenvalue weighted by atomic mass is 10.2. The first-order chi connectivity index (χ1) is 10.4. The van der Waals surface area contributed by atoms with E-state index in [1.165, 1.54) is 6.26 Å². The number of methoxy groups -OCH3 is 1. The number of hydrogen-bond donors (Lipinski definition) is 1. The van der Waals surface area contributed by atoms with Crippen molar-refractivity contribution in [2.45, 2.75) is 13.0 Å². The second kappa shape index (κ2) is 10.7. The molecule has 1 rings (SSSR count). The summed E-state index contributed by atoms with van der Waals surface area (Å²) in [6.45, 7) is 1.28. The molecule has 0 aliphatic heterocycles. The standard InChI is InChI=1S/C15H25N3O3S.HI/c1-16-15(17-10-5-11-22(4,19)20)18(2)12-13-6-8-14(21-3)9-7-13;/h6-9H,5,10-12H2,1-4H3,(H,16,17);1H. The van der Waals surface area contributed by atoms with E-state index in [1.807, 2.05) is 36.2 Å². The summed E-state index contributed by atoms with van der Waals surface area (Å²) in [5.74, 6) is 1.75. The number of hydrogen-bond acceptors (Lipinski definition) is 4. The number of nitrogens with zero attached hydrogens (tertiary/aromatic N) is 2. The molecule has 1 aromatic rings. The molecule has 132 valence electrons. The minimum atomic E-state index is -2.91. The minimum Gasteiger partial charge on any atom is -0.497 e. The van der Waals surface area contributed by atoms with E-state index in [2.05, 4.69) is 10.3 Å². The fourth-order valence-corrected chi connectivity index (χ4v) is 2.67. The van der Waals surface area contributed by atoms with E-state index in [1.54, 1.807) is 14.2 Å². The summed E-state index contributed by atoms with van der Waals surface area (Å²) in [4.78, 5) is 6.20. The Morgan fingerprint density at radius 2 is 1.91 bits per heavy atom. The van der Waals surface area contributed by atoms with Crippen LogP contribution in [0.1, 0.15) is 12.0 Å². The summed E-state index contributed by atoms with van der Waals surface area (Å²) in [6.07, 6.45) is 1.81. The summed E-state index contributed by atoms with van der Waals surface area (Å²) in [6, 6.07) is 7.86. The fraction of sp³-hybridized carbons (Fsp3) is 0.533. The van der Waals surface area contributed by atoms with Gasteiger partial charge in [-0.3, -0.25) is 4.99 Å².